The Morgan fingerprint density at radius 1 is 1.30 bits per heavy atom. The van der Waals surface area contributed by atoms with Crippen molar-refractivity contribution in [1.29, 1.82) is 0 Å². The number of nitrogens with one attached hydrogen (secondary N) is 1. The molecule has 2 rings (SSSR count). The van der Waals surface area contributed by atoms with Crippen molar-refractivity contribution in [2.45, 2.75) is 12.6 Å². The van der Waals surface area contributed by atoms with Crippen LogP contribution in [-0.4, -0.2) is 46.7 Å². The number of halogens is 1. The van der Waals surface area contributed by atoms with Crippen molar-refractivity contribution in [2.75, 3.05) is 40.6 Å². The maximum Gasteiger partial charge on any atom is 0.175 e. The zero-order chi connectivity index (χ0) is 14.4. The van der Waals surface area contributed by atoms with Crippen molar-refractivity contribution in [3.05, 3.63) is 22.2 Å². The lowest BCUT2D eigenvalue weighted by Crippen LogP contribution is -2.31. The van der Waals surface area contributed by atoms with Crippen LogP contribution in [-0.2, 0) is 16.0 Å². The summed E-state index contributed by atoms with van der Waals surface area (Å²) in [5.41, 5.74) is 1.13. The summed E-state index contributed by atoms with van der Waals surface area (Å²) < 4.78 is 22.5. The Bertz CT molecular complexity index is 441. The first kappa shape index (κ1) is 15.6. The van der Waals surface area contributed by atoms with E-state index in [1.165, 1.54) is 0 Å². The summed E-state index contributed by atoms with van der Waals surface area (Å²) in [4.78, 5) is 0. The van der Waals surface area contributed by atoms with Crippen LogP contribution < -0.4 is 14.8 Å². The standard InChI is InChI=1S/C14H20BrNO4/c1-17-9-11(18-2)8-16-7-10-5-12(15)14-13(6-10)19-3-4-20-14/h5-6,11,16H,3-4,7-9H2,1-2H3. The van der Waals surface area contributed by atoms with E-state index in [-0.39, 0.29) is 6.10 Å². The lowest BCUT2D eigenvalue weighted by atomic mass is 10.2. The largest absolute Gasteiger partial charge is 0.486 e. The third-order valence-electron chi connectivity index (χ3n) is 3.04. The first-order chi connectivity index (χ1) is 9.74. The van der Waals surface area contributed by atoms with Gasteiger partial charge in [-0.1, -0.05) is 0 Å². The van der Waals surface area contributed by atoms with Crippen LogP contribution in [0.2, 0.25) is 0 Å². The highest BCUT2D eigenvalue weighted by molar-refractivity contribution is 9.10. The van der Waals surface area contributed by atoms with Crippen LogP contribution in [0.4, 0.5) is 0 Å². The molecule has 0 saturated heterocycles. The SMILES string of the molecule is COCC(CNCc1cc(Br)c2c(c1)OCCO2)OC. The van der Waals surface area contributed by atoms with E-state index in [9.17, 15) is 0 Å². The predicted octanol–water partition coefficient (Wildman–Crippen LogP) is 1.97. The summed E-state index contributed by atoms with van der Waals surface area (Å²) in [7, 11) is 3.36. The van der Waals surface area contributed by atoms with E-state index < -0.39 is 0 Å². The molecule has 1 aliphatic heterocycles. The van der Waals surface area contributed by atoms with E-state index >= 15 is 0 Å². The van der Waals surface area contributed by atoms with Gasteiger partial charge in [0.25, 0.3) is 0 Å². The van der Waals surface area contributed by atoms with Gasteiger partial charge in [0.15, 0.2) is 11.5 Å². The average Bonchev–Trinajstić information content (AvgIpc) is 2.46. The van der Waals surface area contributed by atoms with Crippen molar-refractivity contribution in [2.24, 2.45) is 0 Å². The molecule has 0 bridgehead atoms. The number of methoxy groups -OCH3 is 2. The van der Waals surface area contributed by atoms with Gasteiger partial charge < -0.3 is 24.3 Å². The molecule has 0 amide bonds. The maximum atomic E-state index is 5.60. The Morgan fingerprint density at radius 2 is 2.10 bits per heavy atom. The maximum absolute atomic E-state index is 5.60. The summed E-state index contributed by atoms with van der Waals surface area (Å²) >= 11 is 3.51. The third kappa shape index (κ3) is 4.09. The van der Waals surface area contributed by atoms with Gasteiger partial charge in [-0.25, -0.2) is 0 Å². The molecule has 0 saturated carbocycles. The Hall–Kier alpha value is -0.820. The molecule has 1 aromatic rings. The first-order valence-electron chi connectivity index (χ1n) is 6.55. The summed E-state index contributed by atoms with van der Waals surface area (Å²) in [6.45, 7) is 3.23. The highest BCUT2D eigenvalue weighted by atomic mass is 79.9. The molecule has 20 heavy (non-hydrogen) atoms. The average molecular weight is 346 g/mol. The van der Waals surface area contributed by atoms with Crippen molar-refractivity contribution >= 4 is 15.9 Å². The number of benzene rings is 1. The number of ether oxygens (including phenoxy) is 4. The molecule has 0 spiro atoms. The van der Waals surface area contributed by atoms with Gasteiger partial charge >= 0.3 is 0 Å². The summed E-state index contributed by atoms with van der Waals surface area (Å²) in [5.74, 6) is 1.58. The summed E-state index contributed by atoms with van der Waals surface area (Å²) in [6.07, 6.45) is 0.0562. The monoisotopic (exact) mass is 345 g/mol. The van der Waals surface area contributed by atoms with Crippen LogP contribution in [0.5, 0.6) is 11.5 Å². The van der Waals surface area contributed by atoms with Crippen LogP contribution in [0, 0.1) is 0 Å². The van der Waals surface area contributed by atoms with Crippen molar-refractivity contribution in [1.82, 2.24) is 5.32 Å². The minimum Gasteiger partial charge on any atom is -0.486 e. The van der Waals surface area contributed by atoms with Crippen LogP contribution in [0.1, 0.15) is 5.56 Å². The van der Waals surface area contributed by atoms with Crippen molar-refractivity contribution < 1.29 is 18.9 Å². The number of fused-ring (bicyclic) bond motifs is 1. The van der Waals surface area contributed by atoms with Crippen molar-refractivity contribution in [3.63, 3.8) is 0 Å². The minimum atomic E-state index is 0.0562. The van der Waals surface area contributed by atoms with Gasteiger partial charge in [-0.05, 0) is 33.6 Å². The van der Waals surface area contributed by atoms with Crippen LogP contribution in [0.25, 0.3) is 0 Å². The second-order valence-electron chi connectivity index (χ2n) is 4.55. The summed E-state index contributed by atoms with van der Waals surface area (Å²) in [5, 5.41) is 3.35. The van der Waals surface area contributed by atoms with E-state index in [0.29, 0.717) is 19.8 Å². The molecule has 6 heteroatoms. The molecule has 1 unspecified atom stereocenters. The Morgan fingerprint density at radius 3 is 2.85 bits per heavy atom. The van der Waals surface area contributed by atoms with Crippen molar-refractivity contribution in [3.8, 4) is 11.5 Å². The third-order valence-corrected chi connectivity index (χ3v) is 3.63. The van der Waals surface area contributed by atoms with Crippen LogP contribution in [0.15, 0.2) is 16.6 Å². The normalized spacial score (nSPS) is 15.2. The zero-order valence-corrected chi connectivity index (χ0v) is 13.4. The smallest absolute Gasteiger partial charge is 0.175 e. The predicted molar refractivity (Wildman–Crippen MR) is 79.5 cm³/mol. The lowest BCUT2D eigenvalue weighted by Gasteiger charge is -2.21. The molecule has 1 N–H and O–H groups in total. The molecule has 0 radical (unpaired) electrons. The molecule has 1 heterocycles. The molecular formula is C14H20BrNO4. The fraction of sp³-hybridized carbons (Fsp3) is 0.571. The van der Waals surface area contributed by atoms with E-state index in [2.05, 4.69) is 21.2 Å². The van der Waals surface area contributed by atoms with Gasteiger partial charge in [-0.15, -0.1) is 0 Å². The van der Waals surface area contributed by atoms with Crippen LogP contribution in [0.3, 0.4) is 0 Å². The Kier molecular flexibility index (Phi) is 6.09. The molecule has 112 valence electrons. The molecule has 0 aliphatic carbocycles. The van der Waals surface area contributed by atoms with E-state index in [1.54, 1.807) is 14.2 Å². The highest BCUT2D eigenvalue weighted by Gasteiger charge is 2.16. The topological polar surface area (TPSA) is 49.0 Å². The Balaban J connectivity index is 1.91. The molecule has 0 aromatic heterocycles. The second kappa shape index (κ2) is 7.83. The highest BCUT2D eigenvalue weighted by Crippen LogP contribution is 2.38. The quantitative estimate of drug-likeness (QED) is 0.818. The second-order valence-corrected chi connectivity index (χ2v) is 5.40. The molecule has 1 aromatic carbocycles. The van der Waals surface area contributed by atoms with Crippen LogP contribution >= 0.6 is 15.9 Å². The van der Waals surface area contributed by atoms with Gasteiger partial charge in [-0.3, -0.25) is 0 Å². The first-order valence-corrected chi connectivity index (χ1v) is 7.34. The molecule has 5 nitrogen and oxygen atoms in total. The minimum absolute atomic E-state index is 0.0562. The van der Waals surface area contributed by atoms with Gasteiger partial charge in [0.2, 0.25) is 0 Å². The van der Waals surface area contributed by atoms with E-state index in [4.69, 9.17) is 18.9 Å². The Labute approximate surface area is 127 Å². The molecule has 0 fully saturated rings. The molecular weight excluding hydrogens is 326 g/mol. The van der Waals surface area contributed by atoms with Gasteiger partial charge in [0, 0.05) is 27.3 Å². The summed E-state index contributed by atoms with van der Waals surface area (Å²) in [6, 6.07) is 4.04. The molecule has 1 atom stereocenters. The number of rotatable bonds is 7. The fourth-order valence-electron chi connectivity index (χ4n) is 2.04. The van der Waals surface area contributed by atoms with Gasteiger partial charge in [0.05, 0.1) is 17.2 Å². The van der Waals surface area contributed by atoms with Gasteiger partial charge in [-0.2, -0.15) is 0 Å². The fourth-order valence-corrected chi connectivity index (χ4v) is 2.64. The van der Waals surface area contributed by atoms with E-state index in [1.807, 2.05) is 12.1 Å². The lowest BCUT2D eigenvalue weighted by molar-refractivity contribution is 0.0288. The van der Waals surface area contributed by atoms with E-state index in [0.717, 1.165) is 34.6 Å². The van der Waals surface area contributed by atoms with Gasteiger partial charge in [0.1, 0.15) is 13.2 Å². The zero-order valence-electron chi connectivity index (χ0n) is 11.8. The number of hydrogen-bond acceptors (Lipinski definition) is 5. The number of hydrogen-bond donors (Lipinski definition) is 1. The molecule has 1 aliphatic rings.